The van der Waals surface area contributed by atoms with Gasteiger partial charge in [-0.05, 0) is 42.0 Å². The minimum atomic E-state index is -0.533. The molecule has 6 aromatic rings. The first kappa shape index (κ1) is 20.0. The summed E-state index contributed by atoms with van der Waals surface area (Å²) in [5, 5.41) is 5.30. The predicted octanol–water partition coefficient (Wildman–Crippen LogP) is 5.34. The van der Waals surface area contributed by atoms with Crippen molar-refractivity contribution < 1.29 is 9.15 Å². The Balaban J connectivity index is 1.57. The Hall–Kier alpha value is -4.37. The fourth-order valence-corrected chi connectivity index (χ4v) is 4.98. The molecule has 7 rings (SSSR count). The number of rotatable bonds is 2. The molecule has 0 aliphatic carbocycles. The number of benzene rings is 2. The van der Waals surface area contributed by atoms with Gasteiger partial charge in [0.25, 0.3) is 0 Å². The second-order valence-corrected chi connectivity index (χ2v) is 9.04. The van der Waals surface area contributed by atoms with E-state index in [-0.39, 0.29) is 0 Å². The molecule has 1 aliphatic rings. The summed E-state index contributed by atoms with van der Waals surface area (Å²) in [5.41, 5.74) is 3.20. The van der Waals surface area contributed by atoms with Gasteiger partial charge in [-0.3, -0.25) is 4.98 Å². The number of hydrogen-bond acceptors (Lipinski definition) is 7. The van der Waals surface area contributed by atoms with Crippen LogP contribution in [0.3, 0.4) is 0 Å². The van der Waals surface area contributed by atoms with E-state index in [0.29, 0.717) is 45.2 Å². The predicted molar refractivity (Wildman–Crippen MR) is 132 cm³/mol. The van der Waals surface area contributed by atoms with Gasteiger partial charge in [-0.25, -0.2) is 19.3 Å². The zero-order valence-electron chi connectivity index (χ0n) is 17.9. The molecule has 0 fully saturated rings. The quantitative estimate of drug-likeness (QED) is 0.282. The highest BCUT2D eigenvalue weighted by atomic mass is 79.9. The third kappa shape index (κ3) is 3.08. The molecule has 2 aromatic carbocycles. The summed E-state index contributed by atoms with van der Waals surface area (Å²) >= 11 is 3.56. The largest absolute Gasteiger partial charge is 0.437 e. The Morgan fingerprint density at radius 1 is 1.00 bits per heavy atom. The zero-order chi connectivity index (χ0) is 23.5. The van der Waals surface area contributed by atoms with Crippen LogP contribution in [0.4, 0.5) is 0 Å². The Morgan fingerprint density at radius 3 is 2.77 bits per heavy atom. The number of aromatic nitrogens is 5. The Morgan fingerprint density at radius 2 is 1.91 bits per heavy atom. The molecule has 0 amide bonds. The lowest BCUT2D eigenvalue weighted by Crippen LogP contribution is -2.22. The van der Waals surface area contributed by atoms with E-state index in [9.17, 15) is 4.79 Å². The van der Waals surface area contributed by atoms with Crippen LogP contribution in [0.5, 0.6) is 11.6 Å². The lowest BCUT2D eigenvalue weighted by Gasteiger charge is -2.27. The molecule has 1 unspecified atom stereocenters. The average molecular weight is 524 g/mol. The first-order valence-electron chi connectivity index (χ1n) is 10.8. The SMILES string of the molecule is O=c1oc2ccccc2c2c1C(c1cccc(Br)c1)c1c(ncn3nc(-c4cccnc4)nc13)O2. The highest BCUT2D eigenvalue weighted by molar-refractivity contribution is 9.10. The second-order valence-electron chi connectivity index (χ2n) is 8.13. The van der Waals surface area contributed by atoms with Crippen LogP contribution in [0, 0.1) is 0 Å². The van der Waals surface area contributed by atoms with Crippen molar-refractivity contribution in [3.8, 4) is 23.0 Å². The van der Waals surface area contributed by atoms with Crippen molar-refractivity contribution in [2.75, 3.05) is 0 Å². The van der Waals surface area contributed by atoms with E-state index in [1.54, 1.807) is 29.3 Å². The molecule has 1 atom stereocenters. The average Bonchev–Trinajstić information content (AvgIpc) is 3.33. The summed E-state index contributed by atoms with van der Waals surface area (Å²) in [6.07, 6.45) is 4.96. The zero-order valence-corrected chi connectivity index (χ0v) is 19.5. The van der Waals surface area contributed by atoms with Gasteiger partial charge in [-0.2, -0.15) is 0 Å². The van der Waals surface area contributed by atoms with Crippen molar-refractivity contribution in [1.82, 2.24) is 24.6 Å². The maximum Gasteiger partial charge on any atom is 0.344 e. The fourth-order valence-electron chi connectivity index (χ4n) is 4.57. The van der Waals surface area contributed by atoms with Crippen LogP contribution in [-0.2, 0) is 0 Å². The molecule has 35 heavy (non-hydrogen) atoms. The summed E-state index contributed by atoms with van der Waals surface area (Å²) in [7, 11) is 0. The van der Waals surface area contributed by atoms with Gasteiger partial charge in [0.2, 0.25) is 5.88 Å². The Bertz CT molecular complexity index is 1830. The molecule has 9 heteroatoms. The number of pyridine rings is 1. The van der Waals surface area contributed by atoms with E-state index in [4.69, 9.17) is 14.1 Å². The monoisotopic (exact) mass is 523 g/mol. The molecule has 168 valence electrons. The summed E-state index contributed by atoms with van der Waals surface area (Å²) in [6.45, 7) is 0. The highest BCUT2D eigenvalue weighted by Crippen LogP contribution is 2.49. The molecule has 0 N–H and O–H groups in total. The molecule has 0 radical (unpaired) electrons. The van der Waals surface area contributed by atoms with Crippen LogP contribution in [-0.4, -0.2) is 24.6 Å². The molecule has 0 saturated carbocycles. The normalized spacial score (nSPS) is 14.5. The van der Waals surface area contributed by atoms with Crippen LogP contribution in [0.1, 0.15) is 22.6 Å². The van der Waals surface area contributed by atoms with Crippen LogP contribution in [0.2, 0.25) is 0 Å². The van der Waals surface area contributed by atoms with Crippen molar-refractivity contribution in [3.05, 3.63) is 111 Å². The summed E-state index contributed by atoms with van der Waals surface area (Å²) in [4.78, 5) is 26.9. The van der Waals surface area contributed by atoms with Crippen LogP contribution >= 0.6 is 15.9 Å². The maximum atomic E-state index is 13.4. The van der Waals surface area contributed by atoms with Gasteiger partial charge < -0.3 is 9.15 Å². The highest BCUT2D eigenvalue weighted by Gasteiger charge is 2.37. The number of fused-ring (bicyclic) bond motifs is 6. The van der Waals surface area contributed by atoms with Gasteiger partial charge in [-0.15, -0.1) is 5.10 Å². The van der Waals surface area contributed by atoms with Gasteiger partial charge >= 0.3 is 5.63 Å². The number of nitrogens with zero attached hydrogens (tertiary/aromatic N) is 5. The lowest BCUT2D eigenvalue weighted by atomic mass is 9.84. The Kier molecular flexibility index (Phi) is 4.34. The van der Waals surface area contributed by atoms with Crippen LogP contribution in [0.15, 0.2) is 93.1 Å². The van der Waals surface area contributed by atoms with Crippen molar-refractivity contribution >= 4 is 32.5 Å². The van der Waals surface area contributed by atoms with E-state index >= 15 is 0 Å². The summed E-state index contributed by atoms with van der Waals surface area (Å²) < 4.78 is 14.5. The fraction of sp³-hybridized carbons (Fsp3) is 0.0385. The van der Waals surface area contributed by atoms with Crippen molar-refractivity contribution in [2.45, 2.75) is 5.92 Å². The topological polar surface area (TPSA) is 95.4 Å². The third-order valence-corrected chi connectivity index (χ3v) is 6.56. The van der Waals surface area contributed by atoms with Gasteiger partial charge in [0.15, 0.2) is 17.2 Å². The lowest BCUT2D eigenvalue weighted by molar-refractivity contribution is 0.422. The smallest absolute Gasteiger partial charge is 0.344 e. The minimum Gasteiger partial charge on any atom is -0.437 e. The molecule has 8 nitrogen and oxygen atoms in total. The van der Waals surface area contributed by atoms with E-state index in [0.717, 1.165) is 15.6 Å². The summed E-state index contributed by atoms with van der Waals surface area (Å²) in [6, 6.07) is 18.8. The van der Waals surface area contributed by atoms with Gasteiger partial charge in [0.05, 0.1) is 22.4 Å². The molecular formula is C26H14BrN5O3. The van der Waals surface area contributed by atoms with E-state index in [1.807, 2.05) is 54.6 Å². The standard InChI is InChI=1S/C26H14BrN5O3/c27-16-7-3-5-14(11-16)19-20-22(17-8-1-2-9-18(17)34-26(20)33)35-25-21(19)24-30-23(31-32(24)13-29-25)15-6-4-10-28-12-15/h1-13,19H. The molecule has 1 aliphatic heterocycles. The van der Waals surface area contributed by atoms with E-state index in [2.05, 4.69) is 31.0 Å². The van der Waals surface area contributed by atoms with Crippen LogP contribution in [0.25, 0.3) is 28.0 Å². The number of halogens is 1. The van der Waals surface area contributed by atoms with Crippen molar-refractivity contribution in [2.24, 2.45) is 0 Å². The van der Waals surface area contributed by atoms with E-state index < -0.39 is 11.5 Å². The minimum absolute atomic E-state index is 0.371. The first-order chi connectivity index (χ1) is 17.2. The number of ether oxygens (including phenoxy) is 1. The van der Waals surface area contributed by atoms with Gasteiger partial charge in [0, 0.05) is 22.4 Å². The van der Waals surface area contributed by atoms with Crippen molar-refractivity contribution in [3.63, 3.8) is 0 Å². The van der Waals surface area contributed by atoms with Gasteiger partial charge in [0.1, 0.15) is 11.9 Å². The number of para-hydroxylation sites is 1. The third-order valence-electron chi connectivity index (χ3n) is 6.06. The molecule has 0 bridgehead atoms. The summed E-state index contributed by atoms with van der Waals surface area (Å²) in [5.74, 6) is 0.779. The second kappa shape index (κ2) is 7.57. The number of hydrogen-bond donors (Lipinski definition) is 0. The molecule has 0 saturated heterocycles. The van der Waals surface area contributed by atoms with Crippen LogP contribution < -0.4 is 10.4 Å². The molecule has 0 spiro atoms. The molecule has 4 aromatic heterocycles. The van der Waals surface area contributed by atoms with Gasteiger partial charge in [-0.1, -0.05) is 40.2 Å². The Labute approximate surface area is 206 Å². The first-order valence-corrected chi connectivity index (χ1v) is 11.6. The molecule has 5 heterocycles. The maximum absolute atomic E-state index is 13.4. The van der Waals surface area contributed by atoms with E-state index in [1.165, 1.54) is 0 Å². The van der Waals surface area contributed by atoms with Crippen molar-refractivity contribution in [1.29, 1.82) is 0 Å². The molecular weight excluding hydrogens is 510 g/mol.